The first-order valence-electron chi connectivity index (χ1n) is 13.3. The number of nitrogens with zero attached hydrogens (tertiary/aromatic N) is 3. The maximum Gasteiger partial charge on any atom is 0.254 e. The quantitative estimate of drug-likeness (QED) is 0.366. The number of piperidine rings is 1. The minimum absolute atomic E-state index is 0.0430. The summed E-state index contributed by atoms with van der Waals surface area (Å²) in [4.78, 5) is 39.3. The molecule has 2 amide bonds. The first kappa shape index (κ1) is 29.5. The van der Waals surface area contributed by atoms with Crippen molar-refractivity contribution >= 4 is 45.0 Å². The second-order valence-corrected chi connectivity index (χ2v) is 13.0. The summed E-state index contributed by atoms with van der Waals surface area (Å²) in [6, 6.07) is 15.9. The Balaban J connectivity index is 1.56. The van der Waals surface area contributed by atoms with Gasteiger partial charge in [-0.25, -0.2) is 13.9 Å². The number of pyridine rings is 1. The van der Waals surface area contributed by atoms with Crippen LogP contribution >= 0.6 is 23.2 Å². The van der Waals surface area contributed by atoms with Crippen LogP contribution in [-0.2, 0) is 26.3 Å². The second-order valence-electron chi connectivity index (χ2n) is 10.2. The molecule has 0 spiro atoms. The van der Waals surface area contributed by atoms with E-state index in [0.29, 0.717) is 40.4 Å². The number of hydroxylamine groups is 1. The van der Waals surface area contributed by atoms with Gasteiger partial charge in [-0.1, -0.05) is 60.0 Å². The predicted octanol–water partition coefficient (Wildman–Crippen LogP) is 4.73. The van der Waals surface area contributed by atoms with Gasteiger partial charge in [0.1, 0.15) is 6.61 Å². The molecule has 41 heavy (non-hydrogen) atoms. The zero-order valence-corrected chi connectivity index (χ0v) is 24.7. The maximum atomic E-state index is 14.1. The number of hydrogen-bond donors (Lipinski definition) is 1. The van der Waals surface area contributed by atoms with E-state index in [4.69, 9.17) is 28.0 Å². The number of carbonyl (C=O) groups is 2. The van der Waals surface area contributed by atoms with E-state index < -0.39 is 33.9 Å². The van der Waals surface area contributed by atoms with Gasteiger partial charge in [0.25, 0.3) is 11.8 Å². The Labute approximate surface area is 249 Å². The highest BCUT2D eigenvalue weighted by molar-refractivity contribution is 7.88. The standard InChI is InChI=1S/C29H30Cl2N4O5S/c1-41(38,39)35-15-7-5-9-21(35)17-34-27(24-13-12-19(30)16-25(24)31)26(22-10-2-3-11-23(22)29(34)37)28(36)33-40-18-20-8-4-6-14-32-20/h2-4,6,8,10-14,16,21,26-27H,5,7,9,15,17-18H2,1H3,(H,33,36). The Morgan fingerprint density at radius 2 is 1.85 bits per heavy atom. The number of halogens is 2. The molecule has 0 bridgehead atoms. The molecule has 3 unspecified atom stereocenters. The zero-order chi connectivity index (χ0) is 29.1. The lowest BCUT2D eigenvalue weighted by atomic mass is 9.79. The molecule has 2 aliphatic heterocycles. The summed E-state index contributed by atoms with van der Waals surface area (Å²) in [6.45, 7) is 0.504. The maximum absolute atomic E-state index is 14.1. The molecule has 5 rings (SSSR count). The molecule has 1 saturated heterocycles. The number of sulfonamides is 1. The van der Waals surface area contributed by atoms with Crippen LogP contribution in [0.3, 0.4) is 0 Å². The van der Waals surface area contributed by atoms with Gasteiger partial charge in [-0.15, -0.1) is 0 Å². The number of benzene rings is 2. The van der Waals surface area contributed by atoms with E-state index in [9.17, 15) is 18.0 Å². The summed E-state index contributed by atoms with van der Waals surface area (Å²) in [7, 11) is -3.52. The average molecular weight is 618 g/mol. The summed E-state index contributed by atoms with van der Waals surface area (Å²) in [6.07, 6.45) is 4.97. The van der Waals surface area contributed by atoms with Crippen LogP contribution < -0.4 is 5.48 Å². The van der Waals surface area contributed by atoms with Gasteiger partial charge >= 0.3 is 0 Å². The van der Waals surface area contributed by atoms with Gasteiger partial charge in [-0.05, 0) is 54.3 Å². The van der Waals surface area contributed by atoms with E-state index in [1.807, 2.05) is 6.07 Å². The molecule has 1 aromatic heterocycles. The van der Waals surface area contributed by atoms with Crippen LogP contribution in [0.15, 0.2) is 66.9 Å². The van der Waals surface area contributed by atoms with Gasteiger partial charge in [-0.3, -0.25) is 19.4 Å². The molecule has 2 aromatic carbocycles. The number of rotatable bonds is 8. The number of nitrogens with one attached hydrogen (secondary N) is 1. The number of carbonyl (C=O) groups excluding carboxylic acids is 2. The molecule has 1 N–H and O–H groups in total. The zero-order valence-electron chi connectivity index (χ0n) is 22.4. The van der Waals surface area contributed by atoms with Gasteiger partial charge < -0.3 is 4.90 Å². The number of aromatic nitrogens is 1. The molecule has 2 aliphatic rings. The summed E-state index contributed by atoms with van der Waals surface area (Å²) in [5.74, 6) is -1.71. The fourth-order valence-electron chi connectivity index (χ4n) is 5.71. The second kappa shape index (κ2) is 12.5. The SMILES string of the molecule is CS(=O)(=O)N1CCCCC1CN1C(=O)c2ccccc2C(C(=O)NOCc2ccccn2)C1c1ccc(Cl)cc1Cl. The Bertz CT molecular complexity index is 1540. The van der Waals surface area contributed by atoms with Crippen molar-refractivity contribution in [3.63, 3.8) is 0 Å². The van der Waals surface area contributed by atoms with Crippen molar-refractivity contribution in [3.05, 3.63) is 99.3 Å². The third kappa shape index (κ3) is 6.42. The van der Waals surface area contributed by atoms with E-state index in [0.717, 1.165) is 12.8 Å². The highest BCUT2D eigenvalue weighted by atomic mass is 35.5. The minimum Gasteiger partial charge on any atom is -0.329 e. The highest BCUT2D eigenvalue weighted by Crippen LogP contribution is 2.45. The summed E-state index contributed by atoms with van der Waals surface area (Å²) < 4.78 is 26.8. The summed E-state index contributed by atoms with van der Waals surface area (Å²) in [5, 5.41) is 0.693. The van der Waals surface area contributed by atoms with Crippen LogP contribution in [0.5, 0.6) is 0 Å². The molecular weight excluding hydrogens is 587 g/mol. The normalized spacial score (nSPS) is 21.4. The lowest BCUT2D eigenvalue weighted by Crippen LogP contribution is -2.54. The van der Waals surface area contributed by atoms with Crippen molar-refractivity contribution in [1.82, 2.24) is 19.7 Å². The molecule has 0 aliphatic carbocycles. The third-order valence-corrected chi connectivity index (χ3v) is 9.42. The number of fused-ring (bicyclic) bond motifs is 1. The fraction of sp³-hybridized carbons (Fsp3) is 0.345. The van der Waals surface area contributed by atoms with E-state index in [1.165, 1.54) is 10.6 Å². The van der Waals surface area contributed by atoms with Crippen LogP contribution in [0.4, 0.5) is 0 Å². The van der Waals surface area contributed by atoms with Crippen molar-refractivity contribution in [2.75, 3.05) is 19.3 Å². The molecular formula is C29H30Cl2N4O5S. The molecule has 216 valence electrons. The fourth-order valence-corrected chi connectivity index (χ4v) is 7.41. The molecule has 3 atom stereocenters. The van der Waals surface area contributed by atoms with E-state index in [1.54, 1.807) is 65.7 Å². The molecule has 3 heterocycles. The average Bonchev–Trinajstić information content (AvgIpc) is 2.95. The highest BCUT2D eigenvalue weighted by Gasteiger charge is 2.46. The smallest absolute Gasteiger partial charge is 0.254 e. The lowest BCUT2D eigenvalue weighted by molar-refractivity contribution is -0.138. The van der Waals surface area contributed by atoms with Gasteiger partial charge in [-0.2, -0.15) is 4.31 Å². The first-order valence-corrected chi connectivity index (χ1v) is 15.9. The lowest BCUT2D eigenvalue weighted by Gasteiger charge is -2.45. The van der Waals surface area contributed by atoms with Crippen molar-refractivity contribution in [2.45, 2.75) is 43.9 Å². The largest absolute Gasteiger partial charge is 0.329 e. The van der Waals surface area contributed by atoms with Crippen LogP contribution in [0.2, 0.25) is 10.0 Å². The molecule has 12 heteroatoms. The Morgan fingerprint density at radius 3 is 2.59 bits per heavy atom. The molecule has 1 fully saturated rings. The molecule has 0 saturated carbocycles. The monoisotopic (exact) mass is 616 g/mol. The van der Waals surface area contributed by atoms with E-state index in [-0.39, 0.29) is 24.1 Å². The number of hydrogen-bond acceptors (Lipinski definition) is 6. The molecule has 0 radical (unpaired) electrons. The van der Waals surface area contributed by atoms with Crippen LogP contribution in [-0.4, -0.2) is 59.8 Å². The number of amides is 2. The van der Waals surface area contributed by atoms with Crippen LogP contribution in [0, 0.1) is 0 Å². The van der Waals surface area contributed by atoms with Crippen molar-refractivity contribution in [3.8, 4) is 0 Å². The van der Waals surface area contributed by atoms with Crippen molar-refractivity contribution in [2.24, 2.45) is 0 Å². The third-order valence-electron chi connectivity index (χ3n) is 7.53. The molecule has 3 aromatic rings. The van der Waals surface area contributed by atoms with Gasteiger partial charge in [0, 0.05) is 40.9 Å². The van der Waals surface area contributed by atoms with Gasteiger partial charge in [0.2, 0.25) is 10.0 Å². The minimum atomic E-state index is -3.52. The van der Waals surface area contributed by atoms with Crippen LogP contribution in [0.1, 0.15) is 58.4 Å². The van der Waals surface area contributed by atoms with Gasteiger partial charge in [0.05, 0.1) is 23.9 Å². The summed E-state index contributed by atoms with van der Waals surface area (Å²) in [5.41, 5.74) is 4.58. The Kier molecular flexibility index (Phi) is 8.96. The van der Waals surface area contributed by atoms with Crippen LogP contribution in [0.25, 0.3) is 0 Å². The van der Waals surface area contributed by atoms with Crippen molar-refractivity contribution < 1.29 is 22.8 Å². The molecule has 9 nitrogen and oxygen atoms in total. The Hall–Kier alpha value is -3.02. The van der Waals surface area contributed by atoms with Crippen molar-refractivity contribution in [1.29, 1.82) is 0 Å². The Morgan fingerprint density at radius 1 is 1.07 bits per heavy atom. The predicted molar refractivity (Wildman–Crippen MR) is 156 cm³/mol. The van der Waals surface area contributed by atoms with Gasteiger partial charge in [0.15, 0.2) is 0 Å². The topological polar surface area (TPSA) is 109 Å². The first-order chi connectivity index (χ1) is 19.6. The van der Waals surface area contributed by atoms with E-state index >= 15 is 0 Å². The van der Waals surface area contributed by atoms with E-state index in [2.05, 4.69) is 10.5 Å². The summed E-state index contributed by atoms with van der Waals surface area (Å²) >= 11 is 12.9.